The molecule has 0 spiro atoms. The van der Waals surface area contributed by atoms with Crippen molar-refractivity contribution in [3.05, 3.63) is 31.8 Å². The van der Waals surface area contributed by atoms with Gasteiger partial charge in [0.15, 0.2) is 0 Å². The van der Waals surface area contributed by atoms with Crippen LogP contribution in [-0.2, 0) is 4.74 Å². The third kappa shape index (κ3) is 4.49. The van der Waals surface area contributed by atoms with Gasteiger partial charge in [-0.1, -0.05) is 0 Å². The lowest BCUT2D eigenvalue weighted by atomic mass is 10.2. The molecule has 18 heavy (non-hydrogen) atoms. The van der Waals surface area contributed by atoms with Gasteiger partial charge < -0.3 is 14.7 Å². The highest BCUT2D eigenvalue weighted by Crippen LogP contribution is 2.21. The Hall–Kier alpha value is -0.180. The third-order valence-electron chi connectivity index (χ3n) is 2.38. The number of aliphatic hydroxyl groups is 1. The van der Waals surface area contributed by atoms with Gasteiger partial charge >= 0.3 is 0 Å². The average Bonchev–Trinajstić information content (AvgIpc) is 2.36. The molecule has 0 aliphatic heterocycles. The van der Waals surface area contributed by atoms with Crippen LogP contribution in [-0.4, -0.2) is 49.3 Å². The van der Waals surface area contributed by atoms with E-state index in [9.17, 15) is 4.79 Å². The fourth-order valence-corrected chi connectivity index (χ4v) is 2.38. The molecule has 1 aromatic rings. The molecule has 0 radical (unpaired) electrons. The molecule has 0 atom stereocenters. The Morgan fingerprint density at radius 2 is 2.22 bits per heavy atom. The minimum absolute atomic E-state index is 0.0585. The molecule has 100 valence electrons. The molecule has 0 aliphatic rings. The van der Waals surface area contributed by atoms with Gasteiger partial charge in [-0.15, -0.1) is 0 Å². The summed E-state index contributed by atoms with van der Waals surface area (Å²) in [7, 11) is 1.59. The number of hydrogen-bond acceptors (Lipinski definition) is 3. The Balaban J connectivity index is 2.90. The second kappa shape index (κ2) is 8.08. The summed E-state index contributed by atoms with van der Waals surface area (Å²) >= 11 is 5.54. The van der Waals surface area contributed by atoms with Gasteiger partial charge in [0.2, 0.25) is 0 Å². The van der Waals surface area contributed by atoms with Crippen molar-refractivity contribution < 1.29 is 14.6 Å². The van der Waals surface area contributed by atoms with Gasteiger partial charge in [0.25, 0.3) is 5.91 Å². The molecule has 0 aliphatic carbocycles. The molecule has 0 unspecified atom stereocenters. The normalized spacial score (nSPS) is 10.4. The summed E-state index contributed by atoms with van der Waals surface area (Å²) in [5.41, 5.74) is 0.603. The van der Waals surface area contributed by atoms with Crippen LogP contribution in [0.2, 0.25) is 0 Å². The number of carbonyl (C=O) groups excluding carboxylic acids is 1. The highest BCUT2D eigenvalue weighted by atomic mass is 127. The maximum atomic E-state index is 12.3. The average molecular weight is 428 g/mol. The van der Waals surface area contributed by atoms with Crippen LogP contribution < -0.4 is 0 Å². The third-order valence-corrected chi connectivity index (χ3v) is 3.74. The Morgan fingerprint density at radius 3 is 2.83 bits per heavy atom. The molecule has 1 N–H and O–H groups in total. The number of amides is 1. The zero-order valence-electron chi connectivity index (χ0n) is 10.0. The van der Waals surface area contributed by atoms with Crippen molar-refractivity contribution in [3.63, 3.8) is 0 Å². The van der Waals surface area contributed by atoms with Crippen LogP contribution in [0.15, 0.2) is 22.7 Å². The van der Waals surface area contributed by atoms with E-state index in [1.54, 1.807) is 12.0 Å². The first kappa shape index (κ1) is 15.9. The molecule has 0 saturated heterocycles. The van der Waals surface area contributed by atoms with Gasteiger partial charge in [-0.2, -0.15) is 0 Å². The van der Waals surface area contributed by atoms with Crippen molar-refractivity contribution in [2.24, 2.45) is 0 Å². The smallest absolute Gasteiger partial charge is 0.255 e. The number of hydrogen-bond donors (Lipinski definition) is 1. The summed E-state index contributed by atoms with van der Waals surface area (Å²) in [6.45, 7) is 1.16. The second-order valence-electron chi connectivity index (χ2n) is 3.63. The summed E-state index contributed by atoms with van der Waals surface area (Å²) in [5, 5.41) is 9.01. The summed E-state index contributed by atoms with van der Waals surface area (Å²) in [4.78, 5) is 13.9. The predicted octanol–water partition coefficient (Wildman–Crippen LogP) is 2.13. The lowest BCUT2D eigenvalue weighted by Crippen LogP contribution is -2.36. The summed E-state index contributed by atoms with van der Waals surface area (Å²) in [6.07, 6.45) is 0. The fourth-order valence-electron chi connectivity index (χ4n) is 1.47. The molecular weight excluding hydrogens is 413 g/mol. The highest BCUT2D eigenvalue weighted by molar-refractivity contribution is 14.1. The SMILES string of the molecule is COCCN(CCO)C(=O)c1cc(I)ccc1Br. The molecule has 6 heteroatoms. The van der Waals surface area contributed by atoms with Gasteiger partial charge in [-0.25, -0.2) is 0 Å². The van der Waals surface area contributed by atoms with E-state index in [1.165, 1.54) is 0 Å². The Kier molecular flexibility index (Phi) is 7.13. The number of ether oxygens (including phenoxy) is 1. The van der Waals surface area contributed by atoms with E-state index in [2.05, 4.69) is 38.5 Å². The zero-order chi connectivity index (χ0) is 13.5. The van der Waals surface area contributed by atoms with Gasteiger partial charge in [-0.3, -0.25) is 4.79 Å². The molecule has 4 nitrogen and oxygen atoms in total. The largest absolute Gasteiger partial charge is 0.395 e. The molecular formula is C12H15BrINO3. The molecule has 0 heterocycles. The summed E-state index contributed by atoms with van der Waals surface area (Å²) in [5.74, 6) is -0.105. The maximum Gasteiger partial charge on any atom is 0.255 e. The monoisotopic (exact) mass is 427 g/mol. The van der Waals surface area contributed by atoms with Crippen molar-refractivity contribution in [1.82, 2.24) is 4.90 Å². The van der Waals surface area contributed by atoms with E-state index < -0.39 is 0 Å². The van der Waals surface area contributed by atoms with Crippen LogP contribution in [0.5, 0.6) is 0 Å². The first-order chi connectivity index (χ1) is 8.60. The molecule has 0 aromatic heterocycles. The topological polar surface area (TPSA) is 49.8 Å². The number of halogens is 2. The first-order valence-corrected chi connectivity index (χ1v) is 7.31. The lowest BCUT2D eigenvalue weighted by molar-refractivity contribution is 0.0655. The summed E-state index contributed by atoms with van der Waals surface area (Å²) in [6, 6.07) is 5.60. The Morgan fingerprint density at radius 1 is 1.50 bits per heavy atom. The van der Waals surface area contributed by atoms with Crippen LogP contribution in [0.25, 0.3) is 0 Å². The van der Waals surface area contributed by atoms with Crippen molar-refractivity contribution in [1.29, 1.82) is 0 Å². The van der Waals surface area contributed by atoms with Crippen LogP contribution >= 0.6 is 38.5 Å². The van der Waals surface area contributed by atoms with Gasteiger partial charge in [0, 0.05) is 28.2 Å². The molecule has 1 aromatic carbocycles. The van der Waals surface area contributed by atoms with Crippen LogP contribution in [0.4, 0.5) is 0 Å². The quantitative estimate of drug-likeness (QED) is 0.707. The number of benzene rings is 1. The number of rotatable bonds is 6. The van der Waals surface area contributed by atoms with Crippen LogP contribution in [0, 0.1) is 3.57 Å². The predicted molar refractivity (Wildman–Crippen MR) is 81.7 cm³/mol. The number of carbonyl (C=O) groups is 1. The molecule has 1 rings (SSSR count). The van der Waals surface area contributed by atoms with Crippen molar-refractivity contribution in [3.8, 4) is 0 Å². The van der Waals surface area contributed by atoms with Crippen molar-refractivity contribution in [2.45, 2.75) is 0 Å². The van der Waals surface area contributed by atoms with E-state index >= 15 is 0 Å². The molecule has 0 bridgehead atoms. The highest BCUT2D eigenvalue weighted by Gasteiger charge is 2.17. The molecule has 0 saturated carbocycles. The standard InChI is InChI=1S/C12H15BrINO3/c1-18-7-5-15(4-6-16)12(17)10-8-9(14)2-3-11(10)13/h2-3,8,16H,4-7H2,1H3. The Bertz CT molecular complexity index is 414. The van der Waals surface area contributed by atoms with Gasteiger partial charge in [0.1, 0.15) is 0 Å². The number of methoxy groups -OCH3 is 1. The van der Waals surface area contributed by atoms with E-state index in [1.807, 2.05) is 18.2 Å². The van der Waals surface area contributed by atoms with E-state index in [0.29, 0.717) is 25.3 Å². The fraction of sp³-hybridized carbons (Fsp3) is 0.417. The maximum absolute atomic E-state index is 12.3. The Labute approximate surface area is 129 Å². The minimum Gasteiger partial charge on any atom is -0.395 e. The lowest BCUT2D eigenvalue weighted by Gasteiger charge is -2.22. The molecule has 1 amide bonds. The van der Waals surface area contributed by atoms with E-state index in [4.69, 9.17) is 9.84 Å². The van der Waals surface area contributed by atoms with E-state index in [-0.39, 0.29) is 12.5 Å². The minimum atomic E-state index is -0.105. The van der Waals surface area contributed by atoms with Crippen LogP contribution in [0.3, 0.4) is 0 Å². The van der Waals surface area contributed by atoms with Crippen molar-refractivity contribution in [2.75, 3.05) is 33.4 Å². The number of aliphatic hydroxyl groups excluding tert-OH is 1. The summed E-state index contributed by atoms with van der Waals surface area (Å²) < 4.78 is 6.72. The van der Waals surface area contributed by atoms with Gasteiger partial charge in [0.05, 0.1) is 18.8 Å². The second-order valence-corrected chi connectivity index (χ2v) is 5.73. The zero-order valence-corrected chi connectivity index (χ0v) is 13.8. The first-order valence-electron chi connectivity index (χ1n) is 5.44. The number of nitrogens with zero attached hydrogens (tertiary/aromatic N) is 1. The van der Waals surface area contributed by atoms with Gasteiger partial charge in [-0.05, 0) is 56.7 Å². The van der Waals surface area contributed by atoms with Crippen molar-refractivity contribution >= 4 is 44.4 Å². The van der Waals surface area contributed by atoms with E-state index in [0.717, 1.165) is 8.04 Å². The van der Waals surface area contributed by atoms with Crippen LogP contribution in [0.1, 0.15) is 10.4 Å². The molecule has 0 fully saturated rings.